The van der Waals surface area contributed by atoms with Crippen LogP contribution in [0.15, 0.2) is 59.5 Å². The Bertz CT molecular complexity index is 1300. The van der Waals surface area contributed by atoms with E-state index in [9.17, 15) is 22.8 Å². The highest BCUT2D eigenvalue weighted by molar-refractivity contribution is 7.91. The molecule has 13 heteroatoms. The summed E-state index contributed by atoms with van der Waals surface area (Å²) in [5.41, 5.74) is 6.40. The smallest absolute Gasteiger partial charge is 0.277 e. The van der Waals surface area contributed by atoms with Crippen LogP contribution in [0.1, 0.15) is 24.5 Å². The Kier molecular flexibility index (Phi) is 9.08. The van der Waals surface area contributed by atoms with Crippen LogP contribution in [0.4, 0.5) is 5.69 Å². The largest absolute Gasteiger partial charge is 0.353 e. The van der Waals surface area contributed by atoms with E-state index in [1.807, 2.05) is 6.92 Å². The van der Waals surface area contributed by atoms with Crippen LogP contribution in [0.3, 0.4) is 0 Å². The third-order valence-electron chi connectivity index (χ3n) is 6.08. The molecule has 1 saturated heterocycles. The first-order valence-electron chi connectivity index (χ1n) is 11.7. The molecule has 0 bridgehead atoms. The van der Waals surface area contributed by atoms with Crippen molar-refractivity contribution in [1.29, 1.82) is 0 Å². The number of carbonyl (C=O) groups is 2. The fourth-order valence-corrected chi connectivity index (χ4v) is 5.41. The van der Waals surface area contributed by atoms with Crippen molar-refractivity contribution in [3.8, 4) is 0 Å². The number of carbonyl (C=O) groups excluding carboxylic acids is 2. The van der Waals surface area contributed by atoms with Crippen LogP contribution in [-0.4, -0.2) is 67.4 Å². The number of nitrogens with one attached hydrogen (secondary N) is 3. The average molecular weight is 532 g/mol. The number of aromatic nitrogens is 1. The molecule has 1 aliphatic heterocycles. The molecule has 37 heavy (non-hydrogen) atoms. The van der Waals surface area contributed by atoms with Crippen LogP contribution in [0.25, 0.3) is 0 Å². The van der Waals surface area contributed by atoms with Crippen LogP contribution in [0.5, 0.6) is 0 Å². The summed E-state index contributed by atoms with van der Waals surface area (Å²) < 4.78 is 29.5. The Morgan fingerprint density at radius 2 is 1.89 bits per heavy atom. The molecule has 1 aliphatic rings. The molecule has 2 aromatic rings. The number of sulfonamides is 1. The van der Waals surface area contributed by atoms with Crippen LogP contribution in [-0.2, 0) is 25.4 Å². The van der Waals surface area contributed by atoms with Crippen molar-refractivity contribution in [2.45, 2.75) is 31.9 Å². The quantitative estimate of drug-likeness (QED) is 0.275. The minimum Gasteiger partial charge on any atom is -0.353 e. The fourth-order valence-electron chi connectivity index (χ4n) is 4.22. The van der Waals surface area contributed by atoms with Crippen molar-refractivity contribution in [3.63, 3.8) is 0 Å². The Morgan fingerprint density at radius 1 is 1.19 bits per heavy atom. The van der Waals surface area contributed by atoms with E-state index < -0.39 is 21.9 Å². The Hall–Kier alpha value is -3.68. The minimum atomic E-state index is -3.90. The predicted molar refractivity (Wildman–Crippen MR) is 140 cm³/mol. The van der Waals surface area contributed by atoms with Crippen molar-refractivity contribution < 1.29 is 18.0 Å². The molecule has 1 fully saturated rings. The van der Waals surface area contributed by atoms with E-state index in [1.54, 1.807) is 53.1 Å². The molecule has 12 nitrogen and oxygen atoms in total. The van der Waals surface area contributed by atoms with Gasteiger partial charge in [-0.05, 0) is 31.5 Å². The van der Waals surface area contributed by atoms with Crippen molar-refractivity contribution in [3.05, 3.63) is 76.4 Å². The van der Waals surface area contributed by atoms with E-state index in [1.165, 1.54) is 10.6 Å². The number of nitrogens with zero attached hydrogens (tertiary/aromatic N) is 3. The van der Waals surface area contributed by atoms with Gasteiger partial charge in [-0.3, -0.25) is 23.7 Å². The molecule has 0 aliphatic carbocycles. The first-order chi connectivity index (χ1) is 17.6. The summed E-state index contributed by atoms with van der Waals surface area (Å²) >= 11 is 0. The summed E-state index contributed by atoms with van der Waals surface area (Å²) in [6, 6.07) is 11.3. The lowest BCUT2D eigenvalue weighted by molar-refractivity contribution is -0.123. The molecule has 2 heterocycles. The normalized spacial score (nSPS) is 18.0. The van der Waals surface area contributed by atoms with Crippen LogP contribution < -0.4 is 26.6 Å². The molecule has 1 aromatic carbocycles. The molecule has 2 unspecified atom stereocenters. The highest BCUT2D eigenvalue weighted by Gasteiger charge is 2.42. The second-order valence-corrected chi connectivity index (χ2v) is 10.4. The van der Waals surface area contributed by atoms with Gasteiger partial charge in [-0.15, -0.1) is 0 Å². The first-order valence-corrected chi connectivity index (χ1v) is 13.4. The number of amides is 2. The molecule has 0 saturated carbocycles. The highest BCUT2D eigenvalue weighted by Crippen LogP contribution is 2.35. The SMILES string of the molecule is C=C1C(C)N(CNC=O)C(n2c(C)ccc(NS(=O)(=O)Cc3ccccc3)c2=O)N1CC(=O)NCCN. The zero-order valence-corrected chi connectivity index (χ0v) is 21.7. The van der Waals surface area contributed by atoms with Gasteiger partial charge in [0.2, 0.25) is 22.3 Å². The number of hydrogen-bond donors (Lipinski definition) is 4. The number of pyridine rings is 1. The summed E-state index contributed by atoms with van der Waals surface area (Å²) in [7, 11) is -3.90. The third-order valence-corrected chi connectivity index (χ3v) is 7.32. The zero-order valence-electron chi connectivity index (χ0n) is 20.9. The molecular formula is C24H33N7O5S. The van der Waals surface area contributed by atoms with Gasteiger partial charge in [0.05, 0.1) is 25.0 Å². The van der Waals surface area contributed by atoms with Crippen molar-refractivity contribution in [2.24, 2.45) is 5.73 Å². The Labute approximate surface area is 216 Å². The van der Waals surface area contributed by atoms with Gasteiger partial charge in [0.1, 0.15) is 5.69 Å². The summed E-state index contributed by atoms with van der Waals surface area (Å²) in [5, 5.41) is 5.31. The number of hydrogen-bond acceptors (Lipinski definition) is 8. The number of nitrogens with two attached hydrogens (primary N) is 1. The predicted octanol–water partition coefficient (Wildman–Crippen LogP) is -0.147. The Morgan fingerprint density at radius 3 is 2.54 bits per heavy atom. The second kappa shape index (κ2) is 12.0. The zero-order chi connectivity index (χ0) is 27.2. The van der Waals surface area contributed by atoms with Gasteiger partial charge in [0.25, 0.3) is 5.56 Å². The molecule has 0 radical (unpaired) electrons. The average Bonchev–Trinajstić information content (AvgIpc) is 3.08. The monoisotopic (exact) mass is 531 g/mol. The van der Waals surface area contributed by atoms with E-state index >= 15 is 0 Å². The minimum absolute atomic E-state index is 0.0606. The van der Waals surface area contributed by atoms with Gasteiger partial charge in [-0.2, -0.15) is 0 Å². The fraction of sp³-hybridized carbons (Fsp3) is 0.375. The van der Waals surface area contributed by atoms with Crippen molar-refractivity contribution in [2.75, 3.05) is 31.0 Å². The van der Waals surface area contributed by atoms with E-state index in [0.29, 0.717) is 23.4 Å². The van der Waals surface area contributed by atoms with Gasteiger partial charge in [-0.25, -0.2) is 13.3 Å². The summed E-state index contributed by atoms with van der Waals surface area (Å²) in [5.74, 6) is -0.624. The van der Waals surface area contributed by atoms with Gasteiger partial charge in [0.15, 0.2) is 6.29 Å². The number of anilines is 1. The van der Waals surface area contributed by atoms with Crippen LogP contribution in [0, 0.1) is 6.92 Å². The summed E-state index contributed by atoms with van der Waals surface area (Å²) in [6.45, 7) is 8.14. The number of rotatable bonds is 12. The van der Waals surface area contributed by atoms with Crippen LogP contribution in [0.2, 0.25) is 0 Å². The molecule has 2 amide bonds. The lowest BCUT2D eigenvalue weighted by atomic mass is 10.2. The van der Waals surface area contributed by atoms with Crippen molar-refractivity contribution >= 4 is 28.0 Å². The topological polar surface area (TPSA) is 159 Å². The first kappa shape index (κ1) is 27.9. The Balaban J connectivity index is 2.01. The summed E-state index contributed by atoms with van der Waals surface area (Å²) in [6.07, 6.45) is -0.322. The van der Waals surface area contributed by atoms with E-state index in [2.05, 4.69) is 21.9 Å². The molecule has 200 valence electrons. The highest BCUT2D eigenvalue weighted by atomic mass is 32.2. The van der Waals surface area contributed by atoms with Crippen molar-refractivity contribution in [1.82, 2.24) is 25.0 Å². The lowest BCUT2D eigenvalue weighted by Gasteiger charge is -2.34. The standard InChI is InChI=1S/C24H33N7O5S/c1-17-9-10-21(28-37(35,36)14-20-7-5-4-6-8-20)23(34)31(17)24-29(13-22(33)27-12-11-25)18(2)19(3)30(24)15-26-16-32/h4-10,16,19,24,28H,2,11-15,25H2,1,3H3,(H,26,32)(H,27,33). The van der Waals surface area contributed by atoms with Gasteiger partial charge < -0.3 is 21.3 Å². The lowest BCUT2D eigenvalue weighted by Crippen LogP contribution is -2.48. The number of benzene rings is 1. The maximum Gasteiger partial charge on any atom is 0.277 e. The van der Waals surface area contributed by atoms with Gasteiger partial charge in [-0.1, -0.05) is 36.9 Å². The van der Waals surface area contributed by atoms with E-state index in [-0.39, 0.29) is 49.7 Å². The van der Waals surface area contributed by atoms with E-state index in [0.717, 1.165) is 0 Å². The second-order valence-electron chi connectivity index (χ2n) is 8.68. The molecule has 5 N–H and O–H groups in total. The summed E-state index contributed by atoms with van der Waals surface area (Å²) in [4.78, 5) is 40.8. The molecule has 3 rings (SSSR count). The van der Waals surface area contributed by atoms with Crippen LogP contribution >= 0.6 is 0 Å². The molecule has 0 spiro atoms. The van der Waals surface area contributed by atoms with Gasteiger partial charge in [0, 0.05) is 24.5 Å². The molecule has 1 aromatic heterocycles. The number of aryl methyl sites for hydroxylation is 1. The van der Waals surface area contributed by atoms with Gasteiger partial charge >= 0.3 is 0 Å². The maximum atomic E-state index is 13.7. The molecular weight excluding hydrogens is 498 g/mol. The maximum absolute atomic E-state index is 13.7. The third kappa shape index (κ3) is 6.56. The molecule has 2 atom stereocenters. The van der Waals surface area contributed by atoms with E-state index in [4.69, 9.17) is 5.73 Å².